The first kappa shape index (κ1) is 21.0. The van der Waals surface area contributed by atoms with Crippen LogP contribution in [0.4, 0.5) is 15.9 Å². The van der Waals surface area contributed by atoms with Gasteiger partial charge in [0.2, 0.25) is 5.91 Å². The highest BCUT2D eigenvalue weighted by Gasteiger charge is 2.35. The summed E-state index contributed by atoms with van der Waals surface area (Å²) in [5.41, 5.74) is 8.13. The van der Waals surface area contributed by atoms with E-state index in [9.17, 15) is 14.3 Å². The number of hydrogen-bond acceptors (Lipinski definition) is 5. The Hall–Kier alpha value is -3.23. The van der Waals surface area contributed by atoms with Crippen molar-refractivity contribution >= 4 is 17.4 Å². The Bertz CT molecular complexity index is 1090. The van der Waals surface area contributed by atoms with Gasteiger partial charge in [-0.25, -0.2) is 9.37 Å². The van der Waals surface area contributed by atoms with Gasteiger partial charge in [-0.05, 0) is 50.2 Å². The SMILES string of the molecule is Cc1ccc(Nc2c(-c3ccc(F)cc3)nc3n2CCN(C(=O)[C@@](C)(N)CO)C3)cc1. The van der Waals surface area contributed by atoms with Crippen molar-refractivity contribution in [2.24, 2.45) is 5.73 Å². The van der Waals surface area contributed by atoms with Gasteiger partial charge in [0.05, 0.1) is 13.2 Å². The first-order chi connectivity index (χ1) is 14.8. The highest BCUT2D eigenvalue weighted by Crippen LogP contribution is 2.33. The van der Waals surface area contributed by atoms with Gasteiger partial charge in [-0.1, -0.05) is 17.7 Å². The number of aromatic nitrogens is 2. The predicted octanol–water partition coefficient (Wildman–Crippen LogP) is 2.79. The average Bonchev–Trinajstić information content (AvgIpc) is 3.12. The Balaban J connectivity index is 1.73. The van der Waals surface area contributed by atoms with E-state index in [1.807, 2.05) is 35.8 Å². The van der Waals surface area contributed by atoms with Crippen molar-refractivity contribution in [1.29, 1.82) is 0 Å². The Morgan fingerprint density at radius 3 is 2.52 bits per heavy atom. The summed E-state index contributed by atoms with van der Waals surface area (Å²) in [5, 5.41) is 12.9. The van der Waals surface area contributed by atoms with Gasteiger partial charge in [0.15, 0.2) is 0 Å². The molecule has 8 heteroatoms. The summed E-state index contributed by atoms with van der Waals surface area (Å²) >= 11 is 0. The highest BCUT2D eigenvalue weighted by molar-refractivity contribution is 5.86. The van der Waals surface area contributed by atoms with Crippen LogP contribution in [0.15, 0.2) is 48.5 Å². The average molecular weight is 423 g/mol. The largest absolute Gasteiger partial charge is 0.394 e. The maximum atomic E-state index is 13.5. The second-order valence-corrected chi connectivity index (χ2v) is 8.18. The lowest BCUT2D eigenvalue weighted by atomic mass is 10.0. The highest BCUT2D eigenvalue weighted by atomic mass is 19.1. The number of hydrogen-bond donors (Lipinski definition) is 3. The van der Waals surface area contributed by atoms with E-state index >= 15 is 0 Å². The third-order valence-corrected chi connectivity index (χ3v) is 5.51. The molecule has 0 radical (unpaired) electrons. The second kappa shape index (κ2) is 8.13. The minimum atomic E-state index is -1.34. The van der Waals surface area contributed by atoms with E-state index in [2.05, 4.69) is 5.32 Å². The molecule has 1 amide bonds. The smallest absolute Gasteiger partial charge is 0.245 e. The molecule has 1 aliphatic heterocycles. The number of benzene rings is 2. The van der Waals surface area contributed by atoms with Crippen molar-refractivity contribution in [1.82, 2.24) is 14.5 Å². The lowest BCUT2D eigenvalue weighted by Gasteiger charge is -2.33. The van der Waals surface area contributed by atoms with Crippen molar-refractivity contribution < 1.29 is 14.3 Å². The Morgan fingerprint density at radius 1 is 1.19 bits per heavy atom. The number of aliphatic hydroxyl groups excluding tert-OH is 1. The fraction of sp³-hybridized carbons (Fsp3) is 0.304. The molecule has 2 aromatic carbocycles. The van der Waals surface area contributed by atoms with Gasteiger partial charge in [-0.2, -0.15) is 0 Å². The molecule has 4 rings (SSSR count). The standard InChI is InChI=1S/C23H26FN5O2/c1-15-3-9-18(10-4-15)26-21-20(16-5-7-17(24)8-6-16)27-19-13-28(11-12-29(19)21)22(31)23(2,25)14-30/h3-10,26,30H,11-14,25H2,1-2H3/t23-/m0/s1. The number of anilines is 2. The maximum absolute atomic E-state index is 13.5. The van der Waals surface area contributed by atoms with E-state index in [1.165, 1.54) is 19.1 Å². The van der Waals surface area contributed by atoms with Crippen LogP contribution < -0.4 is 11.1 Å². The topological polar surface area (TPSA) is 96.4 Å². The molecule has 1 atom stereocenters. The van der Waals surface area contributed by atoms with Crippen LogP contribution in [0.1, 0.15) is 18.3 Å². The summed E-state index contributed by atoms with van der Waals surface area (Å²) in [5.74, 6) is 0.849. The summed E-state index contributed by atoms with van der Waals surface area (Å²) in [7, 11) is 0. The lowest BCUT2D eigenvalue weighted by Crippen LogP contribution is -2.57. The molecule has 0 saturated heterocycles. The summed E-state index contributed by atoms with van der Waals surface area (Å²) in [6.45, 7) is 4.35. The first-order valence-corrected chi connectivity index (χ1v) is 10.2. The number of aryl methyl sites for hydroxylation is 1. The number of amides is 1. The Kier molecular flexibility index (Phi) is 5.51. The van der Waals surface area contributed by atoms with E-state index in [0.717, 1.165) is 22.6 Å². The van der Waals surface area contributed by atoms with Gasteiger partial charge in [-0.3, -0.25) is 4.79 Å². The molecule has 3 aromatic rings. The number of imidazole rings is 1. The fourth-order valence-corrected chi connectivity index (χ4v) is 3.64. The zero-order chi connectivity index (χ0) is 22.2. The number of halogens is 1. The van der Waals surface area contributed by atoms with E-state index in [0.29, 0.717) is 24.6 Å². The van der Waals surface area contributed by atoms with E-state index < -0.39 is 12.1 Å². The van der Waals surface area contributed by atoms with Gasteiger partial charge in [-0.15, -0.1) is 0 Å². The molecule has 0 bridgehead atoms. The summed E-state index contributed by atoms with van der Waals surface area (Å²) in [6.07, 6.45) is 0. The quantitative estimate of drug-likeness (QED) is 0.586. The molecular weight excluding hydrogens is 397 g/mol. The number of nitrogens with two attached hydrogens (primary N) is 1. The van der Waals surface area contributed by atoms with Gasteiger partial charge in [0.25, 0.3) is 0 Å². The molecule has 162 valence electrons. The summed E-state index contributed by atoms with van der Waals surface area (Å²) in [6, 6.07) is 14.2. The van der Waals surface area contributed by atoms with Crippen LogP contribution in [0.2, 0.25) is 0 Å². The van der Waals surface area contributed by atoms with Crippen LogP contribution in [0.25, 0.3) is 11.3 Å². The van der Waals surface area contributed by atoms with Gasteiger partial charge < -0.3 is 25.6 Å². The normalized spacial score (nSPS) is 15.3. The molecule has 4 N–H and O–H groups in total. The molecule has 31 heavy (non-hydrogen) atoms. The number of nitrogens with zero attached hydrogens (tertiary/aromatic N) is 3. The van der Waals surface area contributed by atoms with Crippen LogP contribution in [-0.4, -0.2) is 44.2 Å². The molecule has 1 aromatic heterocycles. The molecule has 2 heterocycles. The first-order valence-electron chi connectivity index (χ1n) is 10.2. The third kappa shape index (κ3) is 4.17. The summed E-state index contributed by atoms with van der Waals surface area (Å²) < 4.78 is 15.5. The maximum Gasteiger partial charge on any atom is 0.245 e. The van der Waals surface area contributed by atoms with Gasteiger partial charge in [0.1, 0.15) is 28.7 Å². The zero-order valence-electron chi connectivity index (χ0n) is 17.6. The molecule has 0 spiro atoms. The predicted molar refractivity (Wildman–Crippen MR) is 117 cm³/mol. The van der Waals surface area contributed by atoms with E-state index in [-0.39, 0.29) is 18.3 Å². The summed E-state index contributed by atoms with van der Waals surface area (Å²) in [4.78, 5) is 19.1. The molecule has 1 aliphatic rings. The minimum absolute atomic E-state index is 0.273. The third-order valence-electron chi connectivity index (χ3n) is 5.51. The number of fused-ring (bicyclic) bond motifs is 1. The van der Waals surface area contributed by atoms with E-state index in [4.69, 9.17) is 10.7 Å². The van der Waals surface area contributed by atoms with Crippen molar-refractivity contribution in [3.63, 3.8) is 0 Å². The number of nitrogens with one attached hydrogen (secondary N) is 1. The molecule has 0 unspecified atom stereocenters. The van der Waals surface area contributed by atoms with Crippen molar-refractivity contribution in [2.75, 3.05) is 18.5 Å². The fourth-order valence-electron chi connectivity index (χ4n) is 3.64. The monoisotopic (exact) mass is 423 g/mol. The zero-order valence-corrected chi connectivity index (χ0v) is 17.6. The van der Waals surface area contributed by atoms with Crippen LogP contribution in [0.3, 0.4) is 0 Å². The second-order valence-electron chi connectivity index (χ2n) is 8.18. The number of aliphatic hydroxyl groups is 1. The number of carbonyl (C=O) groups excluding carboxylic acids is 1. The van der Waals surface area contributed by atoms with Crippen LogP contribution in [0.5, 0.6) is 0 Å². The minimum Gasteiger partial charge on any atom is -0.394 e. The Morgan fingerprint density at radius 2 is 1.87 bits per heavy atom. The van der Waals surface area contributed by atoms with Crippen molar-refractivity contribution in [3.05, 3.63) is 65.7 Å². The van der Waals surface area contributed by atoms with Gasteiger partial charge >= 0.3 is 0 Å². The number of rotatable bonds is 5. The van der Waals surface area contributed by atoms with Crippen LogP contribution >= 0.6 is 0 Å². The van der Waals surface area contributed by atoms with Crippen molar-refractivity contribution in [3.8, 4) is 11.3 Å². The van der Waals surface area contributed by atoms with E-state index in [1.54, 1.807) is 17.0 Å². The van der Waals surface area contributed by atoms with Gasteiger partial charge in [0, 0.05) is 24.3 Å². The van der Waals surface area contributed by atoms with Crippen LogP contribution in [0, 0.1) is 12.7 Å². The van der Waals surface area contributed by atoms with Crippen LogP contribution in [-0.2, 0) is 17.9 Å². The molecule has 7 nitrogen and oxygen atoms in total. The molecule has 0 aliphatic carbocycles. The number of carbonyl (C=O) groups is 1. The lowest BCUT2D eigenvalue weighted by molar-refractivity contribution is -0.139. The Labute approximate surface area is 180 Å². The molecule has 0 saturated carbocycles. The van der Waals surface area contributed by atoms with Crippen molar-refractivity contribution in [2.45, 2.75) is 32.5 Å². The molecular formula is C23H26FN5O2. The molecule has 0 fully saturated rings.